The van der Waals surface area contributed by atoms with Crippen molar-refractivity contribution in [1.82, 2.24) is 4.90 Å². The van der Waals surface area contributed by atoms with Crippen LogP contribution in [-0.2, 0) is 6.54 Å². The Morgan fingerprint density at radius 1 is 1.04 bits per heavy atom. The van der Waals surface area contributed by atoms with Crippen LogP contribution in [-0.4, -0.2) is 24.0 Å². The van der Waals surface area contributed by atoms with E-state index in [4.69, 9.17) is 11.6 Å². The molecule has 23 heavy (non-hydrogen) atoms. The standard InChI is InChI=1S/C20H25ClN2/c1-15-6-8-17(9-7-15)14-23-12-10-18(11-13-23)22-20-5-3-4-19(21)16(20)2/h3-9,18,22H,10-14H2,1-2H3. The first-order valence-corrected chi connectivity index (χ1v) is 8.79. The van der Waals surface area contributed by atoms with Crippen LogP contribution in [0.25, 0.3) is 0 Å². The van der Waals surface area contributed by atoms with Gasteiger partial charge in [0.25, 0.3) is 0 Å². The summed E-state index contributed by atoms with van der Waals surface area (Å²) in [6.07, 6.45) is 2.36. The molecule has 0 saturated carbocycles. The minimum atomic E-state index is 0.543. The summed E-state index contributed by atoms with van der Waals surface area (Å²) in [5.41, 5.74) is 5.06. The van der Waals surface area contributed by atoms with Gasteiger partial charge in [0, 0.05) is 36.4 Å². The number of hydrogen-bond acceptors (Lipinski definition) is 2. The number of piperidine rings is 1. The van der Waals surface area contributed by atoms with E-state index in [0.29, 0.717) is 6.04 Å². The number of aryl methyl sites for hydroxylation is 1. The highest BCUT2D eigenvalue weighted by Gasteiger charge is 2.19. The van der Waals surface area contributed by atoms with Crippen LogP contribution in [0.1, 0.15) is 29.5 Å². The molecule has 1 aliphatic heterocycles. The first-order valence-electron chi connectivity index (χ1n) is 8.41. The van der Waals surface area contributed by atoms with Gasteiger partial charge in [0.2, 0.25) is 0 Å². The van der Waals surface area contributed by atoms with Crippen molar-refractivity contribution >= 4 is 17.3 Å². The average Bonchev–Trinajstić information content (AvgIpc) is 2.56. The summed E-state index contributed by atoms with van der Waals surface area (Å²) < 4.78 is 0. The van der Waals surface area contributed by atoms with Gasteiger partial charge in [0.15, 0.2) is 0 Å². The van der Waals surface area contributed by atoms with Gasteiger partial charge in [-0.05, 0) is 49.9 Å². The number of rotatable bonds is 4. The van der Waals surface area contributed by atoms with Crippen LogP contribution in [0, 0.1) is 13.8 Å². The van der Waals surface area contributed by atoms with Gasteiger partial charge in [-0.2, -0.15) is 0 Å². The molecule has 1 saturated heterocycles. The largest absolute Gasteiger partial charge is 0.382 e. The fourth-order valence-electron chi connectivity index (χ4n) is 3.17. The molecule has 0 aromatic heterocycles. The van der Waals surface area contributed by atoms with Crippen molar-refractivity contribution in [2.75, 3.05) is 18.4 Å². The molecule has 2 aromatic carbocycles. The molecule has 0 spiro atoms. The Hall–Kier alpha value is -1.51. The lowest BCUT2D eigenvalue weighted by molar-refractivity contribution is 0.211. The molecule has 1 heterocycles. The zero-order chi connectivity index (χ0) is 16.2. The molecule has 0 bridgehead atoms. The maximum atomic E-state index is 6.21. The van der Waals surface area contributed by atoms with Gasteiger partial charge in [-0.25, -0.2) is 0 Å². The van der Waals surface area contributed by atoms with E-state index in [-0.39, 0.29) is 0 Å². The smallest absolute Gasteiger partial charge is 0.0455 e. The summed E-state index contributed by atoms with van der Waals surface area (Å²) in [5, 5.41) is 4.51. The van der Waals surface area contributed by atoms with Crippen LogP contribution in [0.2, 0.25) is 5.02 Å². The van der Waals surface area contributed by atoms with Crippen molar-refractivity contribution in [3.8, 4) is 0 Å². The summed E-state index contributed by atoms with van der Waals surface area (Å²) in [6, 6.07) is 15.5. The SMILES string of the molecule is Cc1ccc(CN2CCC(Nc3cccc(Cl)c3C)CC2)cc1. The zero-order valence-corrected chi connectivity index (χ0v) is 14.7. The van der Waals surface area contributed by atoms with E-state index in [0.717, 1.165) is 30.2 Å². The maximum Gasteiger partial charge on any atom is 0.0455 e. The Morgan fingerprint density at radius 3 is 2.43 bits per heavy atom. The van der Waals surface area contributed by atoms with Crippen LogP contribution in [0.4, 0.5) is 5.69 Å². The highest BCUT2D eigenvalue weighted by atomic mass is 35.5. The Kier molecular flexibility index (Phi) is 5.24. The molecule has 1 aliphatic rings. The molecule has 0 unspecified atom stereocenters. The number of anilines is 1. The molecular formula is C20H25ClN2. The number of halogens is 1. The number of nitrogens with one attached hydrogen (secondary N) is 1. The normalized spacial score (nSPS) is 16.5. The number of hydrogen-bond donors (Lipinski definition) is 1. The van der Waals surface area contributed by atoms with E-state index in [1.807, 2.05) is 12.1 Å². The quantitative estimate of drug-likeness (QED) is 0.846. The fourth-order valence-corrected chi connectivity index (χ4v) is 3.35. The van der Waals surface area contributed by atoms with Crippen LogP contribution < -0.4 is 5.32 Å². The Morgan fingerprint density at radius 2 is 1.74 bits per heavy atom. The molecule has 0 atom stereocenters. The topological polar surface area (TPSA) is 15.3 Å². The predicted molar refractivity (Wildman–Crippen MR) is 99.3 cm³/mol. The second-order valence-corrected chi connectivity index (χ2v) is 7.00. The van der Waals surface area contributed by atoms with E-state index in [1.165, 1.54) is 29.7 Å². The van der Waals surface area contributed by atoms with E-state index in [9.17, 15) is 0 Å². The molecule has 1 N–H and O–H groups in total. The van der Waals surface area contributed by atoms with Gasteiger partial charge in [-0.15, -0.1) is 0 Å². The van der Waals surface area contributed by atoms with Crippen LogP contribution in [0.3, 0.4) is 0 Å². The first kappa shape index (κ1) is 16.4. The molecular weight excluding hydrogens is 304 g/mol. The third kappa shape index (κ3) is 4.27. The van der Waals surface area contributed by atoms with Gasteiger partial charge in [0.1, 0.15) is 0 Å². The number of likely N-dealkylation sites (tertiary alicyclic amines) is 1. The molecule has 1 fully saturated rings. The molecule has 122 valence electrons. The minimum Gasteiger partial charge on any atom is -0.382 e. The molecule has 0 amide bonds. The second-order valence-electron chi connectivity index (χ2n) is 6.59. The third-order valence-corrected chi connectivity index (χ3v) is 5.15. The van der Waals surface area contributed by atoms with E-state index in [2.05, 4.69) is 54.4 Å². The van der Waals surface area contributed by atoms with Crippen molar-refractivity contribution in [1.29, 1.82) is 0 Å². The third-order valence-electron chi connectivity index (χ3n) is 4.74. The second kappa shape index (κ2) is 7.37. The number of benzene rings is 2. The average molecular weight is 329 g/mol. The lowest BCUT2D eigenvalue weighted by Gasteiger charge is -2.33. The van der Waals surface area contributed by atoms with E-state index >= 15 is 0 Å². The maximum absolute atomic E-state index is 6.21. The lowest BCUT2D eigenvalue weighted by Crippen LogP contribution is -2.38. The first-order chi connectivity index (χ1) is 11.1. The summed E-state index contributed by atoms with van der Waals surface area (Å²) in [4.78, 5) is 2.55. The molecule has 0 radical (unpaired) electrons. The van der Waals surface area contributed by atoms with Gasteiger partial charge in [0.05, 0.1) is 0 Å². The van der Waals surface area contributed by atoms with Crippen molar-refractivity contribution in [2.24, 2.45) is 0 Å². The minimum absolute atomic E-state index is 0.543. The van der Waals surface area contributed by atoms with Gasteiger partial charge >= 0.3 is 0 Å². The predicted octanol–water partition coefficient (Wildman–Crippen LogP) is 5.03. The van der Waals surface area contributed by atoms with Crippen molar-refractivity contribution < 1.29 is 0 Å². The molecule has 3 heteroatoms. The van der Waals surface area contributed by atoms with Gasteiger partial charge in [-0.1, -0.05) is 47.5 Å². The summed E-state index contributed by atoms with van der Waals surface area (Å²) in [7, 11) is 0. The van der Waals surface area contributed by atoms with Crippen molar-refractivity contribution in [2.45, 2.75) is 39.3 Å². The summed E-state index contributed by atoms with van der Waals surface area (Å²) in [6.45, 7) is 7.56. The van der Waals surface area contributed by atoms with E-state index in [1.54, 1.807) is 0 Å². The van der Waals surface area contributed by atoms with Crippen LogP contribution in [0.5, 0.6) is 0 Å². The molecule has 3 rings (SSSR count). The van der Waals surface area contributed by atoms with Gasteiger partial charge in [-0.3, -0.25) is 4.90 Å². The molecule has 2 aromatic rings. The highest BCUT2D eigenvalue weighted by Crippen LogP contribution is 2.25. The van der Waals surface area contributed by atoms with Crippen LogP contribution >= 0.6 is 11.6 Å². The number of nitrogens with zero attached hydrogens (tertiary/aromatic N) is 1. The Balaban J connectivity index is 1.52. The Bertz CT molecular complexity index is 643. The van der Waals surface area contributed by atoms with Gasteiger partial charge < -0.3 is 5.32 Å². The van der Waals surface area contributed by atoms with Crippen LogP contribution in [0.15, 0.2) is 42.5 Å². The highest BCUT2D eigenvalue weighted by molar-refractivity contribution is 6.31. The summed E-state index contributed by atoms with van der Waals surface area (Å²) in [5.74, 6) is 0. The van der Waals surface area contributed by atoms with Crippen molar-refractivity contribution in [3.63, 3.8) is 0 Å². The fraction of sp³-hybridized carbons (Fsp3) is 0.400. The van der Waals surface area contributed by atoms with E-state index < -0.39 is 0 Å². The molecule has 2 nitrogen and oxygen atoms in total. The Labute approximate surface area is 144 Å². The monoisotopic (exact) mass is 328 g/mol. The molecule has 0 aliphatic carbocycles. The van der Waals surface area contributed by atoms with Crippen molar-refractivity contribution in [3.05, 3.63) is 64.2 Å². The summed E-state index contributed by atoms with van der Waals surface area (Å²) >= 11 is 6.21. The lowest BCUT2D eigenvalue weighted by atomic mass is 10.0. The zero-order valence-electron chi connectivity index (χ0n) is 14.0.